The fraction of sp³-hybridized carbons (Fsp3) is 0.462. The molecule has 0 aliphatic rings. The molecule has 0 saturated heterocycles. The van der Waals surface area contributed by atoms with Gasteiger partial charge in [0.05, 0.1) is 30.2 Å². The van der Waals surface area contributed by atoms with Crippen LogP contribution in [0.2, 0.25) is 0 Å². The zero-order valence-corrected chi connectivity index (χ0v) is 11.0. The number of carboxylic acids is 1. The highest BCUT2D eigenvalue weighted by Gasteiger charge is 2.06. The minimum absolute atomic E-state index is 0.216. The van der Waals surface area contributed by atoms with Crippen molar-refractivity contribution in [1.29, 1.82) is 0 Å². The summed E-state index contributed by atoms with van der Waals surface area (Å²) in [6.07, 6.45) is 0.806. The van der Waals surface area contributed by atoms with Gasteiger partial charge in [0.15, 0.2) is 0 Å². The van der Waals surface area contributed by atoms with Gasteiger partial charge < -0.3 is 25.6 Å². The van der Waals surface area contributed by atoms with Crippen molar-refractivity contribution in [1.82, 2.24) is 0 Å². The third kappa shape index (κ3) is 5.58. The lowest BCUT2D eigenvalue weighted by molar-refractivity contribution is 0.0696. The predicted octanol–water partition coefficient (Wildman–Crippen LogP) is 1.43. The van der Waals surface area contributed by atoms with Crippen LogP contribution >= 0.6 is 0 Å². The molecule has 0 saturated carbocycles. The highest BCUT2D eigenvalue weighted by Crippen LogP contribution is 2.19. The van der Waals surface area contributed by atoms with Crippen molar-refractivity contribution < 1.29 is 19.4 Å². The van der Waals surface area contributed by atoms with E-state index in [-0.39, 0.29) is 5.56 Å². The number of anilines is 2. The van der Waals surface area contributed by atoms with E-state index < -0.39 is 5.97 Å². The molecular weight excluding hydrogens is 248 g/mol. The van der Waals surface area contributed by atoms with Crippen molar-refractivity contribution in [2.45, 2.75) is 6.42 Å². The van der Waals surface area contributed by atoms with Gasteiger partial charge in [-0.25, -0.2) is 4.79 Å². The lowest BCUT2D eigenvalue weighted by Crippen LogP contribution is -2.10. The first kappa shape index (κ1) is 15.3. The second-order valence-corrected chi connectivity index (χ2v) is 3.99. The Labute approximate surface area is 112 Å². The van der Waals surface area contributed by atoms with Crippen LogP contribution in [-0.4, -0.2) is 44.6 Å². The maximum Gasteiger partial charge on any atom is 0.335 e. The largest absolute Gasteiger partial charge is 0.478 e. The van der Waals surface area contributed by atoms with Crippen molar-refractivity contribution in [2.75, 3.05) is 44.5 Å². The maximum absolute atomic E-state index is 10.8. The van der Waals surface area contributed by atoms with Crippen molar-refractivity contribution in [2.24, 2.45) is 0 Å². The number of hydrogen-bond acceptors (Lipinski definition) is 5. The maximum atomic E-state index is 10.8. The van der Waals surface area contributed by atoms with E-state index in [1.54, 1.807) is 13.2 Å². The Morgan fingerprint density at radius 2 is 2.16 bits per heavy atom. The van der Waals surface area contributed by atoms with Crippen LogP contribution in [0.15, 0.2) is 18.2 Å². The first-order valence-corrected chi connectivity index (χ1v) is 6.08. The standard InChI is InChI=1S/C13H20N2O4/c1-18-7-8-19-6-2-5-15-12-9-10(13(16)17)3-4-11(12)14/h3-4,9,15H,2,5-8,14H2,1H3,(H,16,17). The molecule has 0 atom stereocenters. The van der Waals surface area contributed by atoms with Gasteiger partial charge in [0.1, 0.15) is 0 Å². The lowest BCUT2D eigenvalue weighted by atomic mass is 10.1. The molecule has 0 aliphatic heterocycles. The molecule has 4 N–H and O–H groups in total. The average molecular weight is 268 g/mol. The third-order valence-electron chi connectivity index (χ3n) is 2.51. The molecule has 1 aromatic carbocycles. The van der Waals surface area contributed by atoms with Gasteiger partial charge >= 0.3 is 5.97 Å². The summed E-state index contributed by atoms with van der Waals surface area (Å²) in [4.78, 5) is 10.8. The number of ether oxygens (including phenoxy) is 2. The van der Waals surface area contributed by atoms with Crippen LogP contribution < -0.4 is 11.1 Å². The van der Waals surface area contributed by atoms with Crippen LogP contribution in [0.5, 0.6) is 0 Å². The summed E-state index contributed by atoms with van der Waals surface area (Å²) in [5, 5.41) is 12.0. The SMILES string of the molecule is COCCOCCCNc1cc(C(=O)O)ccc1N. The van der Waals surface area contributed by atoms with Crippen molar-refractivity contribution in [3.05, 3.63) is 23.8 Å². The molecule has 6 heteroatoms. The van der Waals surface area contributed by atoms with E-state index >= 15 is 0 Å². The number of nitrogen functional groups attached to an aromatic ring is 1. The van der Waals surface area contributed by atoms with E-state index in [9.17, 15) is 4.79 Å². The van der Waals surface area contributed by atoms with E-state index in [0.717, 1.165) is 6.42 Å². The Morgan fingerprint density at radius 1 is 1.37 bits per heavy atom. The molecule has 0 amide bonds. The number of methoxy groups -OCH3 is 1. The molecule has 0 radical (unpaired) electrons. The number of rotatable bonds is 9. The van der Waals surface area contributed by atoms with E-state index in [1.165, 1.54) is 12.1 Å². The molecule has 0 aliphatic carbocycles. The van der Waals surface area contributed by atoms with E-state index in [1.807, 2.05) is 0 Å². The number of benzene rings is 1. The summed E-state index contributed by atoms with van der Waals surface area (Å²) < 4.78 is 10.2. The number of aromatic carboxylic acids is 1. The van der Waals surface area contributed by atoms with Gasteiger partial charge in [0, 0.05) is 20.3 Å². The fourth-order valence-corrected chi connectivity index (χ4v) is 1.48. The van der Waals surface area contributed by atoms with Crippen molar-refractivity contribution in [3.8, 4) is 0 Å². The van der Waals surface area contributed by atoms with Crippen molar-refractivity contribution >= 4 is 17.3 Å². The summed E-state index contributed by atoms with van der Waals surface area (Å²) in [6.45, 7) is 2.45. The second kappa shape index (κ2) is 8.34. The molecule has 0 fully saturated rings. The molecule has 0 heterocycles. The van der Waals surface area contributed by atoms with Crippen LogP contribution in [0.4, 0.5) is 11.4 Å². The summed E-state index contributed by atoms with van der Waals surface area (Å²) in [5.74, 6) is -0.967. The summed E-state index contributed by atoms with van der Waals surface area (Å²) >= 11 is 0. The Hall–Kier alpha value is -1.79. The van der Waals surface area contributed by atoms with Crippen LogP contribution in [0.25, 0.3) is 0 Å². The molecule has 0 aromatic heterocycles. The van der Waals surface area contributed by atoms with Gasteiger partial charge in [0.2, 0.25) is 0 Å². The Balaban J connectivity index is 2.32. The molecule has 0 unspecified atom stereocenters. The highest BCUT2D eigenvalue weighted by molar-refractivity contribution is 5.90. The predicted molar refractivity (Wildman–Crippen MR) is 73.6 cm³/mol. The van der Waals surface area contributed by atoms with Gasteiger partial charge in [0.25, 0.3) is 0 Å². The molecule has 0 bridgehead atoms. The number of carbonyl (C=O) groups is 1. The zero-order valence-electron chi connectivity index (χ0n) is 11.0. The number of hydrogen-bond donors (Lipinski definition) is 3. The molecule has 19 heavy (non-hydrogen) atoms. The number of nitrogens with one attached hydrogen (secondary N) is 1. The topological polar surface area (TPSA) is 93.8 Å². The van der Waals surface area contributed by atoms with Crippen LogP contribution in [-0.2, 0) is 9.47 Å². The molecule has 1 rings (SSSR count). The van der Waals surface area contributed by atoms with Gasteiger partial charge in [-0.2, -0.15) is 0 Å². The molecule has 1 aromatic rings. The fourth-order valence-electron chi connectivity index (χ4n) is 1.48. The molecule has 0 spiro atoms. The molecule has 106 valence electrons. The van der Waals surface area contributed by atoms with Crippen LogP contribution in [0, 0.1) is 0 Å². The minimum atomic E-state index is -0.967. The zero-order chi connectivity index (χ0) is 14.1. The molecule has 6 nitrogen and oxygen atoms in total. The first-order chi connectivity index (χ1) is 9.15. The lowest BCUT2D eigenvalue weighted by Gasteiger charge is -2.10. The first-order valence-electron chi connectivity index (χ1n) is 6.08. The minimum Gasteiger partial charge on any atom is -0.478 e. The van der Waals surface area contributed by atoms with Crippen molar-refractivity contribution in [3.63, 3.8) is 0 Å². The number of carboxylic acid groups (broad SMARTS) is 1. The van der Waals surface area contributed by atoms with Gasteiger partial charge in [-0.3, -0.25) is 0 Å². The monoisotopic (exact) mass is 268 g/mol. The third-order valence-corrected chi connectivity index (χ3v) is 2.51. The Kier molecular flexibility index (Phi) is 6.70. The Bertz CT molecular complexity index is 410. The second-order valence-electron chi connectivity index (χ2n) is 3.99. The highest BCUT2D eigenvalue weighted by atomic mass is 16.5. The Morgan fingerprint density at radius 3 is 2.84 bits per heavy atom. The van der Waals surface area contributed by atoms with E-state index in [0.29, 0.717) is 37.7 Å². The van der Waals surface area contributed by atoms with E-state index in [4.69, 9.17) is 20.3 Å². The normalized spacial score (nSPS) is 10.4. The van der Waals surface area contributed by atoms with Gasteiger partial charge in [-0.1, -0.05) is 0 Å². The quantitative estimate of drug-likeness (QED) is 0.463. The van der Waals surface area contributed by atoms with E-state index in [2.05, 4.69) is 5.32 Å². The van der Waals surface area contributed by atoms with Gasteiger partial charge in [-0.15, -0.1) is 0 Å². The summed E-state index contributed by atoms with van der Waals surface area (Å²) in [6, 6.07) is 4.60. The summed E-state index contributed by atoms with van der Waals surface area (Å²) in [7, 11) is 1.63. The smallest absolute Gasteiger partial charge is 0.335 e. The van der Waals surface area contributed by atoms with Crippen LogP contribution in [0.1, 0.15) is 16.8 Å². The molecular formula is C13H20N2O4. The van der Waals surface area contributed by atoms with Crippen LogP contribution in [0.3, 0.4) is 0 Å². The van der Waals surface area contributed by atoms with Gasteiger partial charge in [-0.05, 0) is 24.6 Å². The average Bonchev–Trinajstić information content (AvgIpc) is 2.39. The number of nitrogens with two attached hydrogens (primary N) is 1. The summed E-state index contributed by atoms with van der Waals surface area (Å²) in [5.41, 5.74) is 7.15.